The van der Waals surface area contributed by atoms with Gasteiger partial charge in [-0.3, -0.25) is 0 Å². The Bertz CT molecular complexity index is 833. The highest BCUT2D eigenvalue weighted by molar-refractivity contribution is 5.82. The summed E-state index contributed by atoms with van der Waals surface area (Å²) in [5.74, 6) is 0.207. The zero-order valence-electron chi connectivity index (χ0n) is 14.6. The fraction of sp³-hybridized carbons (Fsp3) is 0.529. The summed E-state index contributed by atoms with van der Waals surface area (Å²) < 4.78 is 24.5. The van der Waals surface area contributed by atoms with E-state index in [1.165, 1.54) is 14.2 Å². The highest BCUT2D eigenvalue weighted by Gasteiger charge is 2.41. The summed E-state index contributed by atoms with van der Waals surface area (Å²) in [6, 6.07) is 0. The molecule has 0 aliphatic heterocycles. The van der Waals surface area contributed by atoms with Gasteiger partial charge in [-0.25, -0.2) is 23.8 Å². The molecule has 2 aromatic heterocycles. The van der Waals surface area contributed by atoms with Crippen LogP contribution in [-0.4, -0.2) is 52.2 Å². The monoisotopic (exact) mass is 348 g/mol. The highest BCUT2D eigenvalue weighted by atomic mass is 19.1. The molecule has 7 nitrogen and oxygen atoms in total. The van der Waals surface area contributed by atoms with Crippen LogP contribution in [0.4, 0.5) is 4.39 Å². The van der Waals surface area contributed by atoms with Crippen molar-refractivity contribution in [1.29, 1.82) is 0 Å². The molecular formula is C17H21FN4O3. The Hall–Kier alpha value is -2.35. The van der Waals surface area contributed by atoms with Gasteiger partial charge in [0, 0.05) is 13.5 Å². The molecule has 134 valence electrons. The maximum absolute atomic E-state index is 12.7. The van der Waals surface area contributed by atoms with Crippen molar-refractivity contribution < 1.29 is 18.7 Å². The van der Waals surface area contributed by atoms with Crippen LogP contribution < -0.4 is 0 Å². The molecule has 0 saturated carbocycles. The first-order valence-corrected chi connectivity index (χ1v) is 8.13. The Labute approximate surface area is 144 Å². The lowest BCUT2D eigenvalue weighted by Crippen LogP contribution is -2.42. The van der Waals surface area contributed by atoms with Gasteiger partial charge >= 0.3 is 5.97 Å². The fourth-order valence-electron chi connectivity index (χ4n) is 3.16. The van der Waals surface area contributed by atoms with Gasteiger partial charge in [0.25, 0.3) is 0 Å². The van der Waals surface area contributed by atoms with Crippen LogP contribution in [0.2, 0.25) is 0 Å². The average molecular weight is 348 g/mol. The number of halogens is 1. The van der Waals surface area contributed by atoms with Crippen LogP contribution in [0, 0.1) is 6.92 Å². The molecule has 0 aromatic carbocycles. The first-order chi connectivity index (χ1) is 12.0. The summed E-state index contributed by atoms with van der Waals surface area (Å²) in [7, 11) is 2.87. The number of esters is 1. The molecule has 8 heteroatoms. The van der Waals surface area contributed by atoms with Crippen molar-refractivity contribution in [3.05, 3.63) is 23.8 Å². The molecule has 1 unspecified atom stereocenters. The number of aromatic nitrogens is 4. The van der Waals surface area contributed by atoms with Crippen LogP contribution in [0.3, 0.4) is 0 Å². The molecule has 0 saturated heterocycles. The van der Waals surface area contributed by atoms with E-state index in [2.05, 4.69) is 15.1 Å². The zero-order valence-corrected chi connectivity index (χ0v) is 14.6. The maximum atomic E-state index is 12.7. The molecule has 0 fully saturated rings. The lowest BCUT2D eigenvalue weighted by atomic mass is 9.85. The second-order valence-corrected chi connectivity index (χ2v) is 6.05. The SMILES string of the molecule is COC(=O)C1(OC)CC=C(c2nc(C)c3cnn(CCF)c3n2)CC1. The van der Waals surface area contributed by atoms with Gasteiger partial charge in [0.2, 0.25) is 0 Å². The van der Waals surface area contributed by atoms with Crippen LogP contribution in [0.15, 0.2) is 12.3 Å². The van der Waals surface area contributed by atoms with Crippen molar-refractivity contribution >= 4 is 22.6 Å². The number of hydrogen-bond acceptors (Lipinski definition) is 6. The van der Waals surface area contributed by atoms with E-state index in [1.807, 2.05) is 13.0 Å². The number of rotatable bonds is 5. The molecule has 25 heavy (non-hydrogen) atoms. The third-order valence-corrected chi connectivity index (χ3v) is 4.69. The maximum Gasteiger partial charge on any atom is 0.338 e. The van der Waals surface area contributed by atoms with Gasteiger partial charge < -0.3 is 9.47 Å². The van der Waals surface area contributed by atoms with Crippen molar-refractivity contribution in [2.45, 2.75) is 38.3 Å². The van der Waals surface area contributed by atoms with Gasteiger partial charge in [-0.15, -0.1) is 0 Å². The van der Waals surface area contributed by atoms with Crippen molar-refractivity contribution in [3.63, 3.8) is 0 Å². The molecular weight excluding hydrogens is 327 g/mol. The Morgan fingerprint density at radius 1 is 1.40 bits per heavy atom. The minimum absolute atomic E-state index is 0.160. The molecule has 2 aromatic rings. The van der Waals surface area contributed by atoms with E-state index < -0.39 is 12.3 Å². The molecule has 1 aliphatic carbocycles. The van der Waals surface area contributed by atoms with Crippen molar-refractivity contribution in [3.8, 4) is 0 Å². The zero-order chi connectivity index (χ0) is 18.0. The van der Waals surface area contributed by atoms with Gasteiger partial charge in [-0.2, -0.15) is 5.10 Å². The van der Waals surface area contributed by atoms with Gasteiger partial charge in [-0.1, -0.05) is 6.08 Å². The fourth-order valence-corrected chi connectivity index (χ4v) is 3.16. The van der Waals surface area contributed by atoms with E-state index in [0.717, 1.165) is 16.7 Å². The smallest absolute Gasteiger partial charge is 0.338 e. The highest BCUT2D eigenvalue weighted by Crippen LogP contribution is 2.35. The molecule has 0 spiro atoms. The lowest BCUT2D eigenvalue weighted by Gasteiger charge is -2.32. The summed E-state index contributed by atoms with van der Waals surface area (Å²) in [5.41, 5.74) is 1.41. The van der Waals surface area contributed by atoms with Crippen molar-refractivity contribution in [2.75, 3.05) is 20.9 Å². The Morgan fingerprint density at radius 3 is 2.80 bits per heavy atom. The minimum atomic E-state index is -0.951. The summed E-state index contributed by atoms with van der Waals surface area (Å²) in [6.07, 6.45) is 5.06. The van der Waals surface area contributed by atoms with Crippen molar-refractivity contribution in [1.82, 2.24) is 19.7 Å². The minimum Gasteiger partial charge on any atom is -0.467 e. The van der Waals surface area contributed by atoms with Crippen LogP contribution in [0.5, 0.6) is 0 Å². The number of fused-ring (bicyclic) bond motifs is 1. The summed E-state index contributed by atoms with van der Waals surface area (Å²) in [4.78, 5) is 21.1. The number of nitrogens with zero attached hydrogens (tertiary/aromatic N) is 4. The van der Waals surface area contributed by atoms with E-state index in [4.69, 9.17) is 9.47 Å². The third kappa shape index (κ3) is 3.02. The Kier molecular flexibility index (Phi) is 4.80. The number of methoxy groups -OCH3 is 2. The first-order valence-electron chi connectivity index (χ1n) is 8.13. The van der Waals surface area contributed by atoms with Gasteiger partial charge in [0.15, 0.2) is 17.1 Å². The first kappa shape index (κ1) is 17.5. The largest absolute Gasteiger partial charge is 0.467 e. The molecule has 3 rings (SSSR count). The predicted octanol–water partition coefficient (Wildman–Crippen LogP) is 2.23. The summed E-state index contributed by atoms with van der Waals surface area (Å²) in [6.45, 7) is 1.53. The number of ether oxygens (including phenoxy) is 2. The molecule has 0 N–H and O–H groups in total. The average Bonchev–Trinajstić information content (AvgIpc) is 3.05. The molecule has 2 heterocycles. The molecule has 1 atom stereocenters. The van der Waals surface area contributed by atoms with Gasteiger partial charge in [0.1, 0.15) is 6.67 Å². The van der Waals surface area contributed by atoms with Gasteiger partial charge in [-0.05, 0) is 25.3 Å². The molecule has 0 bridgehead atoms. The second kappa shape index (κ2) is 6.87. The second-order valence-electron chi connectivity index (χ2n) is 6.05. The van der Waals surface area contributed by atoms with Crippen LogP contribution in [0.25, 0.3) is 16.6 Å². The summed E-state index contributed by atoms with van der Waals surface area (Å²) >= 11 is 0. The number of aryl methyl sites for hydroxylation is 2. The van der Waals surface area contributed by atoms with Crippen LogP contribution >= 0.6 is 0 Å². The number of carbonyl (C=O) groups is 1. The quantitative estimate of drug-likeness (QED) is 0.771. The number of carbonyl (C=O) groups excluding carboxylic acids is 1. The van der Waals surface area contributed by atoms with E-state index in [-0.39, 0.29) is 12.5 Å². The molecule has 0 amide bonds. The van der Waals surface area contributed by atoms with E-state index in [1.54, 1.807) is 10.9 Å². The van der Waals surface area contributed by atoms with E-state index in [9.17, 15) is 9.18 Å². The third-order valence-electron chi connectivity index (χ3n) is 4.69. The predicted molar refractivity (Wildman–Crippen MR) is 89.6 cm³/mol. The molecule has 0 radical (unpaired) electrons. The number of hydrogen-bond donors (Lipinski definition) is 0. The normalized spacial score (nSPS) is 20.6. The van der Waals surface area contributed by atoms with Gasteiger partial charge in [0.05, 0.1) is 30.9 Å². The number of alkyl halides is 1. The van der Waals surface area contributed by atoms with Crippen molar-refractivity contribution in [2.24, 2.45) is 0 Å². The Morgan fingerprint density at radius 2 is 2.20 bits per heavy atom. The standard InChI is InChI=1S/C17H21FN4O3/c1-11-13-10-19-22(9-8-18)15(13)21-14(20-11)12-4-6-17(25-3,7-5-12)16(23)24-2/h4,10H,5-9H2,1-3H3. The summed E-state index contributed by atoms with van der Waals surface area (Å²) in [5, 5.41) is 4.99. The van der Waals surface area contributed by atoms with Crippen LogP contribution in [0.1, 0.15) is 30.8 Å². The lowest BCUT2D eigenvalue weighted by molar-refractivity contribution is -0.166. The van der Waals surface area contributed by atoms with Crippen LogP contribution in [-0.2, 0) is 20.8 Å². The van der Waals surface area contributed by atoms with E-state index in [0.29, 0.717) is 30.7 Å². The topological polar surface area (TPSA) is 79.1 Å². The Balaban J connectivity index is 1.96. The number of allylic oxidation sites excluding steroid dienone is 1. The van der Waals surface area contributed by atoms with E-state index >= 15 is 0 Å². The molecule has 1 aliphatic rings.